The van der Waals surface area contributed by atoms with E-state index in [2.05, 4.69) is 34.5 Å². The van der Waals surface area contributed by atoms with Crippen molar-refractivity contribution < 1.29 is 13.9 Å². The van der Waals surface area contributed by atoms with Crippen molar-refractivity contribution in [2.24, 2.45) is 5.92 Å². The average Bonchev–Trinajstić information content (AvgIpc) is 3.39. The number of rotatable bonds is 6. The first-order chi connectivity index (χ1) is 14.0. The van der Waals surface area contributed by atoms with Crippen LogP contribution < -0.4 is 5.32 Å². The van der Waals surface area contributed by atoms with E-state index >= 15 is 0 Å². The first kappa shape index (κ1) is 20.2. The number of carbonyl (C=O) groups excluding carboxylic acids is 1. The highest BCUT2D eigenvalue weighted by Crippen LogP contribution is 2.39. The number of likely N-dealkylation sites (tertiary alicyclic amines) is 1. The zero-order valence-electron chi connectivity index (χ0n) is 17.5. The van der Waals surface area contributed by atoms with E-state index in [1.165, 1.54) is 11.1 Å². The van der Waals surface area contributed by atoms with Crippen LogP contribution >= 0.6 is 0 Å². The summed E-state index contributed by atoms with van der Waals surface area (Å²) in [5.41, 5.74) is 2.49. The summed E-state index contributed by atoms with van der Waals surface area (Å²) in [4.78, 5) is 14.3. The molecule has 0 bridgehead atoms. The van der Waals surface area contributed by atoms with Crippen molar-refractivity contribution in [3.63, 3.8) is 0 Å². The van der Waals surface area contributed by atoms with Crippen molar-refractivity contribution in [3.8, 4) is 11.3 Å². The minimum absolute atomic E-state index is 0.00422. The van der Waals surface area contributed by atoms with E-state index in [0.29, 0.717) is 6.54 Å². The molecule has 29 heavy (non-hydrogen) atoms. The Hall–Kier alpha value is -2.11. The molecule has 5 nitrogen and oxygen atoms in total. The fourth-order valence-corrected chi connectivity index (χ4v) is 4.52. The molecule has 0 saturated carbocycles. The maximum atomic E-state index is 11.8. The molecule has 2 aliphatic rings. The number of nitrogens with one attached hydrogen (secondary N) is 1. The van der Waals surface area contributed by atoms with Crippen molar-refractivity contribution in [1.29, 1.82) is 0 Å². The monoisotopic (exact) mass is 396 g/mol. The van der Waals surface area contributed by atoms with Gasteiger partial charge in [0.15, 0.2) is 0 Å². The second-order valence-electron chi connectivity index (χ2n) is 8.77. The molecule has 3 heterocycles. The Balaban J connectivity index is 1.30. The number of nitrogens with zero attached hydrogens (tertiary/aromatic N) is 1. The predicted octanol–water partition coefficient (Wildman–Crippen LogP) is 4.23. The first-order valence-electron chi connectivity index (χ1n) is 10.8. The summed E-state index contributed by atoms with van der Waals surface area (Å²) in [6.45, 7) is 7.49. The number of furan rings is 1. The number of hydrogen-bond donors (Lipinski definition) is 1. The van der Waals surface area contributed by atoms with Crippen molar-refractivity contribution in [2.45, 2.75) is 57.8 Å². The molecule has 2 aromatic rings. The molecule has 5 heteroatoms. The summed E-state index contributed by atoms with van der Waals surface area (Å²) < 4.78 is 12.1. The standard InChI is InChI=1S/C24H32N2O3/c1-18(2)23(27)25-16-20-9-10-24(29-20)11-13-26(14-12-24)17-19-6-3-4-7-21(19)22-8-5-15-28-22/h3-8,15,18,20H,9-14,16-17H2,1-2H3,(H,25,27)/t20-/m1/s1. The second kappa shape index (κ2) is 8.72. The van der Waals surface area contributed by atoms with E-state index in [1.54, 1.807) is 6.26 Å². The summed E-state index contributed by atoms with van der Waals surface area (Å²) in [5.74, 6) is 1.07. The predicted molar refractivity (Wildman–Crippen MR) is 113 cm³/mol. The Morgan fingerprint density at radius 2 is 1.97 bits per heavy atom. The van der Waals surface area contributed by atoms with Crippen LogP contribution in [0.1, 0.15) is 45.1 Å². The Morgan fingerprint density at radius 1 is 1.17 bits per heavy atom. The Bertz CT molecular complexity index is 807. The molecule has 1 spiro atoms. The number of ether oxygens (including phenoxy) is 1. The van der Waals surface area contributed by atoms with Crippen LogP contribution in [0.3, 0.4) is 0 Å². The number of carbonyl (C=O) groups is 1. The van der Waals surface area contributed by atoms with E-state index < -0.39 is 0 Å². The molecule has 1 amide bonds. The molecule has 1 aromatic heterocycles. The molecule has 1 N–H and O–H groups in total. The summed E-state index contributed by atoms with van der Waals surface area (Å²) in [7, 11) is 0. The van der Waals surface area contributed by atoms with E-state index in [-0.39, 0.29) is 23.5 Å². The van der Waals surface area contributed by atoms with E-state index in [9.17, 15) is 4.79 Å². The maximum absolute atomic E-state index is 11.8. The van der Waals surface area contributed by atoms with Crippen LogP contribution in [0.2, 0.25) is 0 Å². The highest BCUT2D eigenvalue weighted by Gasteiger charge is 2.42. The van der Waals surface area contributed by atoms with Gasteiger partial charge in [0.1, 0.15) is 5.76 Å². The van der Waals surface area contributed by atoms with Gasteiger partial charge >= 0.3 is 0 Å². The Morgan fingerprint density at radius 3 is 2.69 bits per heavy atom. The zero-order valence-corrected chi connectivity index (χ0v) is 17.5. The molecule has 2 aliphatic heterocycles. The van der Waals surface area contributed by atoms with Gasteiger partial charge in [-0.3, -0.25) is 9.69 Å². The number of amides is 1. The van der Waals surface area contributed by atoms with Crippen LogP contribution in [0.25, 0.3) is 11.3 Å². The van der Waals surface area contributed by atoms with Crippen LogP contribution in [0.4, 0.5) is 0 Å². The summed E-state index contributed by atoms with van der Waals surface area (Å²) >= 11 is 0. The third-order valence-corrected chi connectivity index (χ3v) is 6.33. The third kappa shape index (κ3) is 4.73. The maximum Gasteiger partial charge on any atom is 0.222 e. The molecular weight excluding hydrogens is 364 g/mol. The SMILES string of the molecule is CC(C)C(=O)NC[C@H]1CCC2(CCN(Cc3ccccc3-c3ccco3)CC2)O1. The van der Waals surface area contributed by atoms with Gasteiger partial charge in [0.05, 0.1) is 18.0 Å². The largest absolute Gasteiger partial charge is 0.464 e. The molecule has 0 unspecified atom stereocenters. The van der Waals surface area contributed by atoms with Crippen molar-refractivity contribution in [2.75, 3.05) is 19.6 Å². The second-order valence-corrected chi connectivity index (χ2v) is 8.77. The molecule has 0 aliphatic carbocycles. The van der Waals surface area contributed by atoms with Crippen LogP contribution in [0.5, 0.6) is 0 Å². The highest BCUT2D eigenvalue weighted by molar-refractivity contribution is 5.77. The van der Waals surface area contributed by atoms with Crippen LogP contribution in [-0.4, -0.2) is 42.1 Å². The Labute approximate surface area is 173 Å². The topological polar surface area (TPSA) is 54.7 Å². The highest BCUT2D eigenvalue weighted by atomic mass is 16.5. The smallest absolute Gasteiger partial charge is 0.222 e. The average molecular weight is 397 g/mol. The van der Waals surface area contributed by atoms with Crippen LogP contribution in [0.15, 0.2) is 47.1 Å². The fourth-order valence-electron chi connectivity index (χ4n) is 4.52. The van der Waals surface area contributed by atoms with Gasteiger partial charge in [-0.05, 0) is 43.4 Å². The molecule has 0 radical (unpaired) electrons. The Kier molecular flexibility index (Phi) is 6.07. The van der Waals surface area contributed by atoms with Gasteiger partial charge in [-0.15, -0.1) is 0 Å². The normalized spacial score (nSPS) is 21.7. The summed E-state index contributed by atoms with van der Waals surface area (Å²) in [6, 6.07) is 12.5. The van der Waals surface area contributed by atoms with Crippen molar-refractivity contribution in [1.82, 2.24) is 10.2 Å². The number of benzene rings is 1. The zero-order chi connectivity index (χ0) is 20.3. The van der Waals surface area contributed by atoms with Gasteiger partial charge in [-0.2, -0.15) is 0 Å². The van der Waals surface area contributed by atoms with Gasteiger partial charge in [-0.25, -0.2) is 0 Å². The van der Waals surface area contributed by atoms with E-state index in [4.69, 9.17) is 9.15 Å². The summed E-state index contributed by atoms with van der Waals surface area (Å²) in [6.07, 6.45) is 6.15. The lowest BCUT2D eigenvalue weighted by molar-refractivity contribution is -0.125. The lowest BCUT2D eigenvalue weighted by Gasteiger charge is -2.39. The van der Waals surface area contributed by atoms with Crippen molar-refractivity contribution in [3.05, 3.63) is 48.2 Å². The van der Waals surface area contributed by atoms with E-state index in [0.717, 1.165) is 51.1 Å². The van der Waals surface area contributed by atoms with Crippen LogP contribution in [-0.2, 0) is 16.1 Å². The molecule has 2 saturated heterocycles. The van der Waals surface area contributed by atoms with Gasteiger partial charge in [-0.1, -0.05) is 38.1 Å². The summed E-state index contributed by atoms with van der Waals surface area (Å²) in [5, 5.41) is 3.02. The van der Waals surface area contributed by atoms with Gasteiger partial charge in [0, 0.05) is 37.7 Å². The number of piperidine rings is 1. The van der Waals surface area contributed by atoms with Crippen molar-refractivity contribution >= 4 is 5.91 Å². The molecular formula is C24H32N2O3. The van der Waals surface area contributed by atoms with E-state index in [1.807, 2.05) is 26.0 Å². The molecule has 2 fully saturated rings. The minimum atomic E-state index is 0.00422. The third-order valence-electron chi connectivity index (χ3n) is 6.33. The molecule has 156 valence electrons. The molecule has 4 rings (SSSR count). The van der Waals surface area contributed by atoms with Gasteiger partial charge in [0.25, 0.3) is 0 Å². The van der Waals surface area contributed by atoms with Gasteiger partial charge < -0.3 is 14.5 Å². The minimum Gasteiger partial charge on any atom is -0.464 e. The molecule has 1 atom stereocenters. The fraction of sp³-hybridized carbons (Fsp3) is 0.542. The van der Waals surface area contributed by atoms with Crippen LogP contribution in [0, 0.1) is 5.92 Å². The molecule has 1 aromatic carbocycles. The number of hydrogen-bond acceptors (Lipinski definition) is 4. The first-order valence-corrected chi connectivity index (χ1v) is 10.8. The lowest BCUT2D eigenvalue weighted by atomic mass is 9.88. The lowest BCUT2D eigenvalue weighted by Crippen LogP contribution is -2.45. The van der Waals surface area contributed by atoms with Gasteiger partial charge in [0.2, 0.25) is 5.91 Å². The quantitative estimate of drug-likeness (QED) is 0.794.